The molecule has 0 aromatic rings. The number of thiol groups is 1. The van der Waals surface area contributed by atoms with Gasteiger partial charge >= 0.3 is 29.6 Å². The zero-order valence-electron chi connectivity index (χ0n) is 6.86. The quantitative estimate of drug-likeness (QED) is 0.416. The second-order valence-corrected chi connectivity index (χ2v) is 3.65. The maximum absolute atomic E-state index is 5.20. The van der Waals surface area contributed by atoms with E-state index in [-0.39, 0.29) is 29.6 Å². The van der Waals surface area contributed by atoms with E-state index in [0.29, 0.717) is 11.0 Å². The molecule has 1 heterocycles. The van der Waals surface area contributed by atoms with Gasteiger partial charge in [0, 0.05) is 19.6 Å². The molecule has 1 aliphatic rings. The molecule has 0 atom stereocenters. The van der Waals surface area contributed by atoms with Crippen LogP contribution in [0.4, 0.5) is 0 Å². The van der Waals surface area contributed by atoms with Crippen LogP contribution in [-0.4, -0.2) is 78.3 Å². The summed E-state index contributed by atoms with van der Waals surface area (Å²) in [6.07, 6.45) is 0. The predicted molar refractivity (Wildman–Crippen MR) is 61.9 cm³/mol. The Kier molecular flexibility index (Phi) is 9.22. The SMILES string of the molecule is S=C(S)OCCN1CCOCC1.[NaH]. The van der Waals surface area contributed by atoms with E-state index < -0.39 is 0 Å². The van der Waals surface area contributed by atoms with Gasteiger partial charge in [0.05, 0.1) is 13.2 Å². The molecule has 0 aromatic heterocycles. The van der Waals surface area contributed by atoms with Gasteiger partial charge in [-0.3, -0.25) is 4.90 Å². The summed E-state index contributed by atoms with van der Waals surface area (Å²) >= 11 is 8.52. The van der Waals surface area contributed by atoms with Crippen molar-refractivity contribution in [1.29, 1.82) is 0 Å². The Morgan fingerprint density at radius 1 is 1.46 bits per heavy atom. The van der Waals surface area contributed by atoms with Gasteiger partial charge in [-0.05, 0) is 12.2 Å². The number of hydrogen-bond donors (Lipinski definition) is 1. The summed E-state index contributed by atoms with van der Waals surface area (Å²) in [6, 6.07) is 0. The summed E-state index contributed by atoms with van der Waals surface area (Å²) in [6.45, 7) is 5.16. The topological polar surface area (TPSA) is 21.7 Å². The molecule has 1 rings (SSSR count). The fourth-order valence-electron chi connectivity index (χ4n) is 1.09. The Labute approximate surface area is 112 Å². The van der Waals surface area contributed by atoms with Crippen LogP contribution < -0.4 is 0 Å². The fourth-order valence-corrected chi connectivity index (χ4v) is 1.26. The number of nitrogens with zero attached hydrogens (tertiary/aromatic N) is 1. The Morgan fingerprint density at radius 2 is 2.08 bits per heavy atom. The normalized spacial score (nSPS) is 17.6. The van der Waals surface area contributed by atoms with Crippen LogP contribution in [-0.2, 0) is 9.47 Å². The van der Waals surface area contributed by atoms with E-state index in [1.54, 1.807) is 0 Å². The third-order valence-corrected chi connectivity index (χ3v) is 1.98. The van der Waals surface area contributed by atoms with Crippen LogP contribution in [0.5, 0.6) is 0 Å². The minimum absolute atomic E-state index is 0. The summed E-state index contributed by atoms with van der Waals surface area (Å²) < 4.78 is 10.6. The molecular weight excluding hydrogens is 217 g/mol. The first-order chi connectivity index (χ1) is 5.79. The monoisotopic (exact) mass is 231 g/mol. The Hall–Kier alpha value is 1.16. The summed E-state index contributed by atoms with van der Waals surface area (Å²) in [4.78, 5) is 2.29. The first-order valence-corrected chi connectivity index (χ1v) is 4.80. The minimum atomic E-state index is 0. The number of hydrogen-bond acceptors (Lipinski definition) is 4. The molecule has 0 bridgehead atoms. The second kappa shape index (κ2) is 8.47. The molecule has 0 aliphatic carbocycles. The van der Waals surface area contributed by atoms with Gasteiger partial charge in [0.2, 0.25) is 4.38 Å². The molecule has 0 spiro atoms. The van der Waals surface area contributed by atoms with Crippen LogP contribution >= 0.6 is 24.8 Å². The first-order valence-electron chi connectivity index (χ1n) is 3.95. The van der Waals surface area contributed by atoms with E-state index in [9.17, 15) is 0 Å². The van der Waals surface area contributed by atoms with Gasteiger partial charge in [0.25, 0.3) is 0 Å². The molecule has 72 valence electrons. The van der Waals surface area contributed by atoms with Crippen molar-refractivity contribution in [2.45, 2.75) is 0 Å². The van der Waals surface area contributed by atoms with Crippen molar-refractivity contribution in [3.63, 3.8) is 0 Å². The van der Waals surface area contributed by atoms with Gasteiger partial charge < -0.3 is 9.47 Å². The van der Waals surface area contributed by atoms with Gasteiger partial charge in [-0.15, -0.1) is 0 Å². The average molecular weight is 231 g/mol. The van der Waals surface area contributed by atoms with Crippen LogP contribution in [0.15, 0.2) is 0 Å². The Morgan fingerprint density at radius 3 is 2.62 bits per heavy atom. The van der Waals surface area contributed by atoms with E-state index in [4.69, 9.17) is 9.47 Å². The van der Waals surface area contributed by atoms with E-state index in [0.717, 1.165) is 32.8 Å². The summed E-state index contributed by atoms with van der Waals surface area (Å²) in [5.41, 5.74) is 0. The molecule has 1 fully saturated rings. The third kappa shape index (κ3) is 7.13. The number of morpholine rings is 1. The standard InChI is InChI=1S/C7H13NO2S2.Na.H/c11-7(12)10-6-3-8-1-4-9-5-2-8;;/h1-6H2,(H,11,12);;. The number of thiocarbonyl (C=S) groups is 1. The molecule has 0 radical (unpaired) electrons. The summed E-state index contributed by atoms with van der Waals surface area (Å²) in [5.74, 6) is 0. The van der Waals surface area contributed by atoms with Crippen molar-refractivity contribution < 1.29 is 9.47 Å². The average Bonchev–Trinajstić information content (AvgIpc) is 2.05. The Balaban J connectivity index is 0.00000144. The molecule has 6 heteroatoms. The van der Waals surface area contributed by atoms with Crippen molar-refractivity contribution in [3.8, 4) is 0 Å². The van der Waals surface area contributed by atoms with E-state index in [1.807, 2.05) is 0 Å². The molecule has 0 amide bonds. The molecule has 13 heavy (non-hydrogen) atoms. The zero-order valence-corrected chi connectivity index (χ0v) is 8.57. The van der Waals surface area contributed by atoms with Crippen LogP contribution in [0.1, 0.15) is 0 Å². The molecule has 1 aliphatic heterocycles. The van der Waals surface area contributed by atoms with Crippen molar-refractivity contribution in [2.75, 3.05) is 39.5 Å². The summed E-state index contributed by atoms with van der Waals surface area (Å²) in [7, 11) is 0. The first kappa shape index (κ1) is 14.2. The molecule has 0 aromatic carbocycles. The van der Waals surface area contributed by atoms with Crippen molar-refractivity contribution in [2.24, 2.45) is 0 Å². The molecular formula is C7H14NNaO2S2. The van der Waals surface area contributed by atoms with E-state index in [2.05, 4.69) is 29.7 Å². The van der Waals surface area contributed by atoms with Crippen LogP contribution in [0, 0.1) is 0 Å². The fraction of sp³-hybridized carbons (Fsp3) is 0.857. The summed E-state index contributed by atoms with van der Waals surface area (Å²) in [5, 5.41) is 0. The molecule has 0 N–H and O–H groups in total. The van der Waals surface area contributed by atoms with Gasteiger partial charge in [-0.25, -0.2) is 0 Å². The number of rotatable bonds is 3. The second-order valence-electron chi connectivity index (χ2n) is 2.57. The van der Waals surface area contributed by atoms with Gasteiger partial charge in [0.15, 0.2) is 0 Å². The van der Waals surface area contributed by atoms with Gasteiger partial charge in [-0.2, -0.15) is 0 Å². The number of ether oxygens (including phenoxy) is 2. The van der Waals surface area contributed by atoms with Crippen LogP contribution in [0.25, 0.3) is 0 Å². The van der Waals surface area contributed by atoms with Gasteiger partial charge in [0.1, 0.15) is 6.61 Å². The zero-order chi connectivity index (χ0) is 8.81. The van der Waals surface area contributed by atoms with E-state index >= 15 is 0 Å². The van der Waals surface area contributed by atoms with Crippen molar-refractivity contribution >= 4 is 58.8 Å². The maximum atomic E-state index is 5.20. The van der Waals surface area contributed by atoms with Crippen molar-refractivity contribution in [1.82, 2.24) is 4.90 Å². The van der Waals surface area contributed by atoms with Crippen molar-refractivity contribution in [3.05, 3.63) is 0 Å². The van der Waals surface area contributed by atoms with E-state index in [1.165, 1.54) is 0 Å². The van der Waals surface area contributed by atoms with Crippen LogP contribution in [0.3, 0.4) is 0 Å². The molecule has 0 unspecified atom stereocenters. The Bertz CT molecular complexity index is 153. The third-order valence-electron chi connectivity index (χ3n) is 1.74. The molecule has 0 saturated carbocycles. The van der Waals surface area contributed by atoms with Crippen LogP contribution in [0.2, 0.25) is 0 Å². The predicted octanol–water partition coefficient (Wildman–Crippen LogP) is -0.0986. The van der Waals surface area contributed by atoms with Gasteiger partial charge in [-0.1, -0.05) is 12.6 Å². The molecule has 3 nitrogen and oxygen atoms in total. The molecule has 1 saturated heterocycles.